The van der Waals surface area contributed by atoms with Gasteiger partial charge in [0.05, 0.1) is 0 Å². The minimum atomic E-state index is 0.882. The third kappa shape index (κ3) is 3.32. The van der Waals surface area contributed by atoms with Crippen molar-refractivity contribution in [3.8, 4) is 0 Å². The van der Waals surface area contributed by atoms with Crippen LogP contribution in [-0.2, 0) is 12.8 Å². The van der Waals surface area contributed by atoms with Crippen molar-refractivity contribution in [1.29, 1.82) is 0 Å². The Morgan fingerprint density at radius 3 is 1.76 bits per heavy atom. The van der Waals surface area contributed by atoms with E-state index in [2.05, 4.69) is 54.6 Å². The van der Waals surface area contributed by atoms with Gasteiger partial charge in [0, 0.05) is 5.69 Å². The molecule has 1 heteroatoms. The number of rotatable bonds is 4. The Hall–Kier alpha value is -2.54. The molecule has 0 radical (unpaired) electrons. The van der Waals surface area contributed by atoms with Gasteiger partial charge < -0.3 is 5.73 Å². The number of nitrogen functional groups attached to an aromatic ring is 1. The van der Waals surface area contributed by atoms with E-state index in [1.165, 1.54) is 22.3 Å². The fraction of sp³-hybridized carbons (Fsp3) is 0.100. The molecule has 0 spiro atoms. The lowest BCUT2D eigenvalue weighted by atomic mass is 9.94. The molecule has 1 nitrogen and oxygen atoms in total. The first-order valence-corrected chi connectivity index (χ1v) is 7.27. The maximum atomic E-state index is 6.22. The molecule has 104 valence electrons. The lowest BCUT2D eigenvalue weighted by molar-refractivity contribution is 1.09. The molecular formula is C20H19N. The summed E-state index contributed by atoms with van der Waals surface area (Å²) in [5.41, 5.74) is 12.3. The van der Waals surface area contributed by atoms with Crippen LogP contribution in [0.4, 0.5) is 5.69 Å². The van der Waals surface area contributed by atoms with Crippen LogP contribution >= 0.6 is 0 Å². The van der Waals surface area contributed by atoms with Gasteiger partial charge in [-0.15, -0.1) is 0 Å². The fourth-order valence-corrected chi connectivity index (χ4v) is 2.65. The maximum absolute atomic E-state index is 6.22. The third-order valence-electron chi connectivity index (χ3n) is 3.77. The largest absolute Gasteiger partial charge is 0.398 e. The molecule has 0 aliphatic rings. The van der Waals surface area contributed by atoms with Gasteiger partial charge in [0.15, 0.2) is 0 Å². The second kappa shape index (κ2) is 6.27. The van der Waals surface area contributed by atoms with E-state index >= 15 is 0 Å². The highest BCUT2D eigenvalue weighted by Crippen LogP contribution is 2.23. The molecule has 0 saturated heterocycles. The molecule has 0 atom stereocenters. The average molecular weight is 273 g/mol. The van der Waals surface area contributed by atoms with Crippen molar-refractivity contribution >= 4 is 5.69 Å². The fourth-order valence-electron chi connectivity index (χ4n) is 2.65. The summed E-state index contributed by atoms with van der Waals surface area (Å²) in [5.74, 6) is 0. The molecule has 3 aromatic rings. The zero-order valence-electron chi connectivity index (χ0n) is 12.0. The summed E-state index contributed by atoms with van der Waals surface area (Å²) in [6.07, 6.45) is 1.81. The van der Waals surface area contributed by atoms with Crippen LogP contribution in [0.2, 0.25) is 0 Å². The Morgan fingerprint density at radius 1 is 0.571 bits per heavy atom. The molecule has 0 aromatic heterocycles. The molecule has 0 aliphatic carbocycles. The molecular weight excluding hydrogens is 254 g/mol. The van der Waals surface area contributed by atoms with Crippen molar-refractivity contribution in [2.75, 3.05) is 5.73 Å². The quantitative estimate of drug-likeness (QED) is 0.698. The predicted molar refractivity (Wildman–Crippen MR) is 89.4 cm³/mol. The summed E-state index contributed by atoms with van der Waals surface area (Å²) in [7, 11) is 0. The zero-order valence-corrected chi connectivity index (χ0v) is 12.0. The number of hydrogen-bond acceptors (Lipinski definition) is 1. The molecule has 3 aromatic carbocycles. The van der Waals surface area contributed by atoms with E-state index in [4.69, 9.17) is 5.73 Å². The van der Waals surface area contributed by atoms with Gasteiger partial charge >= 0.3 is 0 Å². The molecule has 0 fully saturated rings. The first kappa shape index (κ1) is 13.4. The normalized spacial score (nSPS) is 10.5. The summed E-state index contributed by atoms with van der Waals surface area (Å²) >= 11 is 0. The van der Waals surface area contributed by atoms with E-state index in [9.17, 15) is 0 Å². The third-order valence-corrected chi connectivity index (χ3v) is 3.77. The summed E-state index contributed by atoms with van der Waals surface area (Å²) in [4.78, 5) is 0. The second-order valence-electron chi connectivity index (χ2n) is 5.31. The predicted octanol–water partition coefficient (Wildman–Crippen LogP) is 4.45. The summed E-state index contributed by atoms with van der Waals surface area (Å²) < 4.78 is 0. The first-order valence-electron chi connectivity index (χ1n) is 7.27. The first-order chi connectivity index (χ1) is 10.3. The molecule has 3 rings (SSSR count). The standard InChI is InChI=1S/C20H19N/c21-20-13-7-12-18(14-16-8-3-1-4-9-16)19(20)15-17-10-5-2-6-11-17/h1-13H,14-15,21H2. The van der Waals surface area contributed by atoms with E-state index in [0.29, 0.717) is 0 Å². The molecule has 2 N–H and O–H groups in total. The van der Waals surface area contributed by atoms with E-state index in [1.807, 2.05) is 24.3 Å². The highest BCUT2D eigenvalue weighted by Gasteiger charge is 2.08. The highest BCUT2D eigenvalue weighted by atomic mass is 14.6. The van der Waals surface area contributed by atoms with Crippen LogP contribution in [0, 0.1) is 0 Å². The minimum Gasteiger partial charge on any atom is -0.398 e. The van der Waals surface area contributed by atoms with E-state index in [-0.39, 0.29) is 0 Å². The van der Waals surface area contributed by atoms with Gasteiger partial charge in [-0.3, -0.25) is 0 Å². The molecule has 21 heavy (non-hydrogen) atoms. The number of benzene rings is 3. The summed E-state index contributed by atoms with van der Waals surface area (Å²) in [6.45, 7) is 0. The average Bonchev–Trinajstić information content (AvgIpc) is 2.53. The van der Waals surface area contributed by atoms with Crippen LogP contribution in [0.1, 0.15) is 22.3 Å². The van der Waals surface area contributed by atoms with Crippen LogP contribution in [0.5, 0.6) is 0 Å². The van der Waals surface area contributed by atoms with Crippen molar-refractivity contribution in [2.45, 2.75) is 12.8 Å². The van der Waals surface area contributed by atoms with Gasteiger partial charge in [-0.25, -0.2) is 0 Å². The minimum absolute atomic E-state index is 0.882. The van der Waals surface area contributed by atoms with Crippen molar-refractivity contribution < 1.29 is 0 Å². The van der Waals surface area contributed by atoms with Crippen LogP contribution in [0.3, 0.4) is 0 Å². The van der Waals surface area contributed by atoms with Crippen molar-refractivity contribution in [2.24, 2.45) is 0 Å². The van der Waals surface area contributed by atoms with E-state index < -0.39 is 0 Å². The summed E-state index contributed by atoms with van der Waals surface area (Å²) in [5, 5.41) is 0. The van der Waals surface area contributed by atoms with Crippen LogP contribution in [0.25, 0.3) is 0 Å². The lowest BCUT2D eigenvalue weighted by Crippen LogP contribution is -2.02. The van der Waals surface area contributed by atoms with Gasteiger partial charge in [-0.2, -0.15) is 0 Å². The second-order valence-corrected chi connectivity index (χ2v) is 5.31. The maximum Gasteiger partial charge on any atom is 0.0352 e. The molecule has 0 aliphatic heterocycles. The highest BCUT2D eigenvalue weighted by molar-refractivity contribution is 5.54. The molecule has 0 amide bonds. The monoisotopic (exact) mass is 273 g/mol. The van der Waals surface area contributed by atoms with Gasteiger partial charge in [-0.1, -0.05) is 72.8 Å². The van der Waals surface area contributed by atoms with Crippen molar-refractivity contribution in [3.63, 3.8) is 0 Å². The summed E-state index contributed by atoms with van der Waals surface area (Å²) in [6, 6.07) is 27.3. The Bertz CT molecular complexity index is 702. The van der Waals surface area contributed by atoms with Crippen molar-refractivity contribution in [3.05, 3.63) is 101 Å². The number of anilines is 1. The molecule has 0 unspecified atom stereocenters. The van der Waals surface area contributed by atoms with Gasteiger partial charge in [0.2, 0.25) is 0 Å². The Morgan fingerprint density at radius 2 is 1.14 bits per heavy atom. The van der Waals surface area contributed by atoms with Crippen LogP contribution < -0.4 is 5.73 Å². The number of nitrogens with two attached hydrogens (primary N) is 1. The lowest BCUT2D eigenvalue weighted by Gasteiger charge is -2.13. The topological polar surface area (TPSA) is 26.0 Å². The molecule has 0 heterocycles. The SMILES string of the molecule is Nc1cccc(Cc2ccccc2)c1Cc1ccccc1. The molecule has 0 saturated carbocycles. The van der Waals surface area contributed by atoms with Crippen LogP contribution in [-0.4, -0.2) is 0 Å². The molecule has 0 bridgehead atoms. The Labute approximate surface area is 126 Å². The van der Waals surface area contributed by atoms with Gasteiger partial charge in [0.25, 0.3) is 0 Å². The van der Waals surface area contributed by atoms with Gasteiger partial charge in [-0.05, 0) is 41.2 Å². The van der Waals surface area contributed by atoms with Crippen LogP contribution in [0.15, 0.2) is 78.9 Å². The van der Waals surface area contributed by atoms with Gasteiger partial charge in [0.1, 0.15) is 0 Å². The number of hydrogen-bond donors (Lipinski definition) is 1. The van der Waals surface area contributed by atoms with E-state index in [1.54, 1.807) is 0 Å². The smallest absolute Gasteiger partial charge is 0.0352 e. The zero-order chi connectivity index (χ0) is 14.5. The Kier molecular flexibility index (Phi) is 4.02. The van der Waals surface area contributed by atoms with Crippen molar-refractivity contribution in [1.82, 2.24) is 0 Å². The Balaban J connectivity index is 1.92. The van der Waals surface area contributed by atoms with E-state index in [0.717, 1.165) is 18.5 Å².